The fourth-order valence-corrected chi connectivity index (χ4v) is 4.66. The van der Waals surface area contributed by atoms with Gasteiger partial charge in [-0.05, 0) is 19.8 Å². The molecule has 1 aromatic heterocycles. The van der Waals surface area contributed by atoms with Crippen LogP contribution in [0.2, 0.25) is 0 Å². The number of nitrogens with one attached hydrogen (secondary N) is 1. The van der Waals surface area contributed by atoms with Gasteiger partial charge in [-0.25, -0.2) is 9.78 Å². The van der Waals surface area contributed by atoms with Gasteiger partial charge >= 0.3 is 17.6 Å². The van der Waals surface area contributed by atoms with E-state index in [2.05, 4.69) is 20.0 Å². The predicted octanol–water partition coefficient (Wildman–Crippen LogP) is 3.81. The summed E-state index contributed by atoms with van der Waals surface area (Å²) >= 11 is 0. The molecule has 1 saturated carbocycles. The lowest BCUT2D eigenvalue weighted by atomic mass is 10.1. The third-order valence-electron chi connectivity index (χ3n) is 6.46. The number of carbonyl (C=O) groups excluding carboxylic acids is 2. The van der Waals surface area contributed by atoms with Gasteiger partial charge in [0.15, 0.2) is 17.3 Å². The number of fused-ring (bicyclic) bond motifs is 1. The zero-order chi connectivity index (χ0) is 27.8. The summed E-state index contributed by atoms with van der Waals surface area (Å²) < 4.78 is 54.7. The lowest BCUT2D eigenvalue weighted by Crippen LogP contribution is -2.48. The molecule has 1 fully saturated rings. The Hall–Kier alpha value is -4.17. The number of nitrogens with zero attached hydrogens (tertiary/aromatic N) is 5. The molecule has 0 spiro atoms. The molecule has 1 aromatic carbocycles. The molecule has 2 aromatic rings. The van der Waals surface area contributed by atoms with Crippen molar-refractivity contribution in [3.63, 3.8) is 0 Å². The van der Waals surface area contributed by atoms with Crippen LogP contribution in [0.4, 0.5) is 42.0 Å². The minimum atomic E-state index is -3.70. The number of amides is 1. The van der Waals surface area contributed by atoms with E-state index in [0.717, 1.165) is 37.1 Å². The molecule has 2 heterocycles. The van der Waals surface area contributed by atoms with E-state index < -0.39 is 52.0 Å². The van der Waals surface area contributed by atoms with Crippen molar-refractivity contribution in [3.05, 3.63) is 33.8 Å². The Labute approximate surface area is 214 Å². The van der Waals surface area contributed by atoms with E-state index in [9.17, 15) is 28.5 Å². The van der Waals surface area contributed by atoms with Crippen molar-refractivity contribution < 1.29 is 37.2 Å². The van der Waals surface area contributed by atoms with Crippen LogP contribution >= 0.6 is 0 Å². The highest BCUT2D eigenvalue weighted by Crippen LogP contribution is 2.43. The number of carbonyl (C=O) groups is 2. The largest absolute Gasteiger partial charge is 0.491 e. The number of nitro groups is 1. The third-order valence-corrected chi connectivity index (χ3v) is 6.46. The van der Waals surface area contributed by atoms with Crippen LogP contribution in [0.5, 0.6) is 5.75 Å². The van der Waals surface area contributed by atoms with Gasteiger partial charge in [0.2, 0.25) is 11.8 Å². The standard InChI is InChI=1S/C23H25F3N6O6/c1-4-38-15-9-13(20(33)37-3)16(24)18(32(35)36)17(15)28-22-27-10-14-19(29-22)31(12-7-5-6-8-12)11-23(25,26)21(34)30(14)2/h9-10,12H,4-8,11H2,1-3H3,(H,27,28,29). The SMILES string of the molecule is CCOc1cc(C(=O)OC)c(F)c([N+](=O)[O-])c1Nc1ncc2c(n1)N(C1CCCC1)CC(F)(F)C(=O)N2C. The molecule has 0 atom stereocenters. The first kappa shape index (κ1) is 26.9. The number of alkyl halides is 2. The van der Waals surface area contributed by atoms with E-state index in [1.54, 1.807) is 6.92 Å². The van der Waals surface area contributed by atoms with Crippen LogP contribution in [-0.4, -0.2) is 66.0 Å². The van der Waals surface area contributed by atoms with Gasteiger partial charge in [-0.3, -0.25) is 14.9 Å². The second kappa shape index (κ2) is 10.3. The minimum absolute atomic E-state index is 0.000566. The van der Waals surface area contributed by atoms with Gasteiger partial charge in [-0.1, -0.05) is 12.8 Å². The van der Waals surface area contributed by atoms with Crippen molar-refractivity contribution >= 4 is 40.7 Å². The molecule has 1 aliphatic heterocycles. The Morgan fingerprint density at radius 2 is 2.03 bits per heavy atom. The number of nitro benzene ring substituents is 1. The first-order valence-electron chi connectivity index (χ1n) is 11.8. The molecule has 12 nitrogen and oxygen atoms in total. The molecule has 1 N–H and O–H groups in total. The van der Waals surface area contributed by atoms with Gasteiger partial charge in [-0.2, -0.15) is 18.2 Å². The Bertz CT molecular complexity index is 1290. The maximum Gasteiger partial charge on any atom is 0.342 e. The van der Waals surface area contributed by atoms with Crippen molar-refractivity contribution in [2.24, 2.45) is 0 Å². The summed E-state index contributed by atoms with van der Waals surface area (Å²) in [7, 11) is 2.17. The lowest BCUT2D eigenvalue weighted by Gasteiger charge is -2.31. The maximum absolute atomic E-state index is 15.1. The maximum atomic E-state index is 15.1. The lowest BCUT2D eigenvalue weighted by molar-refractivity contribution is -0.386. The average molecular weight is 538 g/mol. The fraction of sp³-hybridized carbons (Fsp3) is 0.478. The van der Waals surface area contributed by atoms with E-state index in [1.165, 1.54) is 11.9 Å². The number of benzene rings is 1. The molecule has 0 radical (unpaired) electrons. The Morgan fingerprint density at radius 3 is 2.63 bits per heavy atom. The van der Waals surface area contributed by atoms with Crippen molar-refractivity contribution in [1.82, 2.24) is 9.97 Å². The van der Waals surface area contributed by atoms with Gasteiger partial charge in [-0.15, -0.1) is 0 Å². The molecule has 2 aliphatic rings. The minimum Gasteiger partial charge on any atom is -0.491 e. The van der Waals surface area contributed by atoms with Crippen LogP contribution in [-0.2, 0) is 9.53 Å². The van der Waals surface area contributed by atoms with Gasteiger partial charge in [0, 0.05) is 19.2 Å². The van der Waals surface area contributed by atoms with E-state index in [0.29, 0.717) is 12.8 Å². The molecule has 0 bridgehead atoms. The number of hydrogen-bond donors (Lipinski definition) is 1. The van der Waals surface area contributed by atoms with E-state index in [1.807, 2.05) is 0 Å². The average Bonchev–Trinajstić information content (AvgIpc) is 3.40. The van der Waals surface area contributed by atoms with Crippen molar-refractivity contribution in [2.45, 2.75) is 44.6 Å². The van der Waals surface area contributed by atoms with Crippen LogP contribution < -0.4 is 19.9 Å². The first-order chi connectivity index (χ1) is 18.0. The Balaban J connectivity index is 1.85. The van der Waals surface area contributed by atoms with Crippen LogP contribution in [0.15, 0.2) is 12.3 Å². The topological polar surface area (TPSA) is 140 Å². The highest BCUT2D eigenvalue weighted by molar-refractivity contribution is 6.02. The van der Waals surface area contributed by atoms with E-state index >= 15 is 4.39 Å². The number of rotatable bonds is 7. The van der Waals surface area contributed by atoms with Gasteiger partial charge < -0.3 is 24.6 Å². The summed E-state index contributed by atoms with van der Waals surface area (Å²) in [6.07, 6.45) is 3.99. The van der Waals surface area contributed by atoms with Crippen molar-refractivity contribution in [1.29, 1.82) is 0 Å². The van der Waals surface area contributed by atoms with Gasteiger partial charge in [0.1, 0.15) is 11.3 Å². The zero-order valence-corrected chi connectivity index (χ0v) is 20.8. The third kappa shape index (κ3) is 4.75. The molecule has 1 aliphatic carbocycles. The fourth-order valence-electron chi connectivity index (χ4n) is 4.66. The summed E-state index contributed by atoms with van der Waals surface area (Å²) in [6, 6.07) is 0.633. The number of aromatic nitrogens is 2. The molecule has 1 amide bonds. The number of anilines is 4. The molecule has 204 valence electrons. The molecule has 4 rings (SSSR count). The van der Waals surface area contributed by atoms with Crippen LogP contribution in [0.3, 0.4) is 0 Å². The van der Waals surface area contributed by atoms with Gasteiger partial charge in [0.05, 0.1) is 31.4 Å². The van der Waals surface area contributed by atoms with E-state index in [4.69, 9.17) is 4.74 Å². The van der Waals surface area contributed by atoms with E-state index in [-0.39, 0.29) is 35.9 Å². The summed E-state index contributed by atoms with van der Waals surface area (Å²) in [4.78, 5) is 45.8. The molecular weight excluding hydrogens is 513 g/mol. The van der Waals surface area contributed by atoms with Gasteiger partial charge in [0.25, 0.3) is 5.91 Å². The summed E-state index contributed by atoms with van der Waals surface area (Å²) in [6.45, 7) is 0.667. The first-order valence-corrected chi connectivity index (χ1v) is 11.8. The number of hydrogen-bond acceptors (Lipinski definition) is 10. The van der Waals surface area contributed by atoms with Crippen molar-refractivity contribution in [3.8, 4) is 5.75 Å². The number of ether oxygens (including phenoxy) is 2. The number of halogens is 3. The Morgan fingerprint density at radius 1 is 1.34 bits per heavy atom. The number of esters is 1. The second-order valence-corrected chi connectivity index (χ2v) is 8.80. The van der Waals surface area contributed by atoms with Crippen LogP contribution in [0, 0.1) is 15.9 Å². The quantitative estimate of drug-likeness (QED) is 0.314. The molecule has 38 heavy (non-hydrogen) atoms. The monoisotopic (exact) mass is 538 g/mol. The van der Waals surface area contributed by atoms with Crippen LogP contribution in [0.25, 0.3) is 0 Å². The highest BCUT2D eigenvalue weighted by Gasteiger charge is 2.49. The molecular formula is C23H25F3N6O6. The molecule has 0 unspecified atom stereocenters. The van der Waals surface area contributed by atoms with Crippen LogP contribution in [0.1, 0.15) is 43.0 Å². The summed E-state index contributed by atoms with van der Waals surface area (Å²) in [5, 5.41) is 14.4. The molecule has 15 heteroatoms. The summed E-state index contributed by atoms with van der Waals surface area (Å²) in [5.74, 6) is -8.27. The second-order valence-electron chi connectivity index (χ2n) is 8.80. The predicted molar refractivity (Wildman–Crippen MR) is 129 cm³/mol. The molecule has 0 saturated heterocycles. The summed E-state index contributed by atoms with van der Waals surface area (Å²) in [5.41, 5.74) is -2.30. The normalized spacial score (nSPS) is 17.2. The number of methoxy groups -OCH3 is 1. The highest BCUT2D eigenvalue weighted by atomic mass is 19.3. The zero-order valence-electron chi connectivity index (χ0n) is 20.8. The van der Waals surface area contributed by atoms with Crippen molar-refractivity contribution in [2.75, 3.05) is 42.4 Å². The smallest absolute Gasteiger partial charge is 0.342 e. The Kier molecular flexibility index (Phi) is 7.29.